The number of piperidine rings is 1. The molecule has 4 rings (SSSR count). The Morgan fingerprint density at radius 2 is 2.12 bits per heavy atom. The molecule has 7 heteroatoms. The van der Waals surface area contributed by atoms with Gasteiger partial charge in [-0.2, -0.15) is 0 Å². The SMILES string of the molecule is Cn1ccnc1SCC(=O)N1CCC(c2nc3ccccc3s2)CC1. The molecule has 3 aromatic rings. The number of amides is 1. The molecule has 0 unspecified atom stereocenters. The lowest BCUT2D eigenvalue weighted by molar-refractivity contribution is -0.129. The van der Waals surface area contributed by atoms with E-state index in [0.717, 1.165) is 36.6 Å². The maximum atomic E-state index is 12.4. The van der Waals surface area contributed by atoms with Crippen LogP contribution in [-0.2, 0) is 11.8 Å². The predicted molar refractivity (Wildman–Crippen MR) is 102 cm³/mol. The van der Waals surface area contributed by atoms with Crippen LogP contribution in [-0.4, -0.2) is 44.2 Å². The molecule has 0 saturated carbocycles. The largest absolute Gasteiger partial charge is 0.342 e. The number of aryl methyl sites for hydroxylation is 1. The Bertz CT molecular complexity index is 847. The Morgan fingerprint density at radius 3 is 2.84 bits per heavy atom. The van der Waals surface area contributed by atoms with E-state index in [1.807, 2.05) is 28.8 Å². The smallest absolute Gasteiger partial charge is 0.233 e. The van der Waals surface area contributed by atoms with Crippen LogP contribution in [0.15, 0.2) is 41.8 Å². The van der Waals surface area contributed by atoms with Gasteiger partial charge in [-0.05, 0) is 25.0 Å². The van der Waals surface area contributed by atoms with Crippen molar-refractivity contribution >= 4 is 39.2 Å². The van der Waals surface area contributed by atoms with Crippen molar-refractivity contribution in [1.82, 2.24) is 19.4 Å². The van der Waals surface area contributed by atoms with Crippen LogP contribution in [0.5, 0.6) is 0 Å². The minimum absolute atomic E-state index is 0.204. The van der Waals surface area contributed by atoms with Gasteiger partial charge in [0.15, 0.2) is 5.16 Å². The van der Waals surface area contributed by atoms with E-state index in [-0.39, 0.29) is 5.91 Å². The molecule has 1 fully saturated rings. The average Bonchev–Trinajstić information content (AvgIpc) is 3.25. The van der Waals surface area contributed by atoms with E-state index in [0.29, 0.717) is 11.7 Å². The van der Waals surface area contributed by atoms with Crippen molar-refractivity contribution in [1.29, 1.82) is 0 Å². The van der Waals surface area contributed by atoms with Crippen LogP contribution in [0, 0.1) is 0 Å². The lowest BCUT2D eigenvalue weighted by atomic mass is 9.97. The van der Waals surface area contributed by atoms with Gasteiger partial charge >= 0.3 is 0 Å². The molecule has 1 aliphatic rings. The molecule has 0 bridgehead atoms. The topological polar surface area (TPSA) is 51.0 Å². The van der Waals surface area contributed by atoms with Crippen LogP contribution >= 0.6 is 23.1 Å². The molecule has 0 spiro atoms. The molecule has 1 amide bonds. The summed E-state index contributed by atoms with van der Waals surface area (Å²) in [5, 5.41) is 2.10. The van der Waals surface area contributed by atoms with E-state index >= 15 is 0 Å². The first-order valence-electron chi connectivity index (χ1n) is 8.44. The molecule has 0 atom stereocenters. The van der Waals surface area contributed by atoms with Crippen molar-refractivity contribution < 1.29 is 4.79 Å². The first-order valence-corrected chi connectivity index (χ1v) is 10.2. The first-order chi connectivity index (χ1) is 12.2. The van der Waals surface area contributed by atoms with Gasteiger partial charge in [0.05, 0.1) is 21.0 Å². The second-order valence-electron chi connectivity index (χ2n) is 6.28. The highest BCUT2D eigenvalue weighted by Gasteiger charge is 2.26. The number of nitrogens with zero attached hydrogens (tertiary/aromatic N) is 4. The number of aromatic nitrogens is 3. The summed E-state index contributed by atoms with van der Waals surface area (Å²) in [4.78, 5) is 23.5. The predicted octanol–water partition coefficient (Wildman–Crippen LogP) is 3.53. The zero-order valence-electron chi connectivity index (χ0n) is 14.1. The van der Waals surface area contributed by atoms with Crippen LogP contribution in [0.4, 0.5) is 0 Å². The van der Waals surface area contributed by atoms with Crippen LogP contribution < -0.4 is 0 Å². The number of likely N-dealkylation sites (tertiary alicyclic amines) is 1. The van der Waals surface area contributed by atoms with Gasteiger partial charge in [0.2, 0.25) is 5.91 Å². The van der Waals surface area contributed by atoms with Crippen molar-refractivity contribution in [2.45, 2.75) is 23.9 Å². The van der Waals surface area contributed by atoms with E-state index < -0.39 is 0 Å². The number of imidazole rings is 1. The van der Waals surface area contributed by atoms with Crippen LogP contribution in [0.1, 0.15) is 23.8 Å². The van der Waals surface area contributed by atoms with Crippen molar-refractivity contribution in [3.63, 3.8) is 0 Å². The van der Waals surface area contributed by atoms with E-state index in [2.05, 4.69) is 23.2 Å². The molecular formula is C18H20N4OS2. The number of hydrogen-bond acceptors (Lipinski definition) is 5. The summed E-state index contributed by atoms with van der Waals surface area (Å²) in [6, 6.07) is 8.30. The molecular weight excluding hydrogens is 352 g/mol. The van der Waals surface area contributed by atoms with Gasteiger partial charge in [0.1, 0.15) is 0 Å². The number of thiazole rings is 1. The normalized spacial score (nSPS) is 15.8. The number of rotatable bonds is 4. The van der Waals surface area contributed by atoms with Crippen molar-refractivity contribution in [2.75, 3.05) is 18.8 Å². The summed E-state index contributed by atoms with van der Waals surface area (Å²) in [5.74, 6) is 1.14. The lowest BCUT2D eigenvalue weighted by Gasteiger charge is -2.31. The fourth-order valence-electron chi connectivity index (χ4n) is 3.15. The third kappa shape index (κ3) is 3.57. The summed E-state index contributed by atoms with van der Waals surface area (Å²) >= 11 is 3.30. The Hall–Kier alpha value is -1.86. The van der Waals surface area contributed by atoms with Crippen molar-refractivity contribution in [3.8, 4) is 0 Å². The molecule has 0 N–H and O–H groups in total. The maximum absolute atomic E-state index is 12.4. The van der Waals surface area contributed by atoms with Gasteiger partial charge in [0, 0.05) is 38.4 Å². The molecule has 0 aliphatic carbocycles. The number of fused-ring (bicyclic) bond motifs is 1. The van der Waals surface area contributed by atoms with Gasteiger partial charge in [-0.15, -0.1) is 11.3 Å². The molecule has 1 aliphatic heterocycles. The summed E-state index contributed by atoms with van der Waals surface area (Å²) in [6.45, 7) is 1.64. The zero-order chi connectivity index (χ0) is 17.2. The van der Waals surface area contributed by atoms with Crippen LogP contribution in [0.25, 0.3) is 10.2 Å². The molecule has 3 heterocycles. The molecule has 130 valence electrons. The molecule has 1 saturated heterocycles. The zero-order valence-corrected chi connectivity index (χ0v) is 15.7. The van der Waals surface area contributed by atoms with Crippen molar-refractivity contribution in [2.24, 2.45) is 7.05 Å². The van der Waals surface area contributed by atoms with Gasteiger partial charge in [0.25, 0.3) is 0 Å². The molecule has 1 aromatic carbocycles. The summed E-state index contributed by atoms with van der Waals surface area (Å²) in [6.07, 6.45) is 5.66. The minimum atomic E-state index is 0.204. The van der Waals surface area contributed by atoms with E-state index in [1.165, 1.54) is 21.5 Å². The summed E-state index contributed by atoms with van der Waals surface area (Å²) in [7, 11) is 1.95. The summed E-state index contributed by atoms with van der Waals surface area (Å²) in [5.41, 5.74) is 1.09. The number of carbonyl (C=O) groups excluding carboxylic acids is 1. The van der Waals surface area contributed by atoms with Gasteiger partial charge in [-0.1, -0.05) is 23.9 Å². The maximum Gasteiger partial charge on any atom is 0.233 e. The number of carbonyl (C=O) groups is 1. The third-order valence-corrected chi connectivity index (χ3v) is 6.85. The Morgan fingerprint density at radius 1 is 1.32 bits per heavy atom. The van der Waals surface area contributed by atoms with E-state index in [9.17, 15) is 4.79 Å². The van der Waals surface area contributed by atoms with E-state index in [1.54, 1.807) is 17.5 Å². The van der Waals surface area contributed by atoms with Gasteiger partial charge < -0.3 is 9.47 Å². The number of thioether (sulfide) groups is 1. The lowest BCUT2D eigenvalue weighted by Crippen LogP contribution is -2.38. The molecule has 25 heavy (non-hydrogen) atoms. The fraction of sp³-hybridized carbons (Fsp3) is 0.389. The highest BCUT2D eigenvalue weighted by Crippen LogP contribution is 2.34. The average molecular weight is 373 g/mol. The third-order valence-electron chi connectivity index (χ3n) is 4.61. The fourth-order valence-corrected chi connectivity index (χ4v) is 5.12. The van der Waals surface area contributed by atoms with E-state index in [4.69, 9.17) is 4.98 Å². The first kappa shape index (κ1) is 16.6. The second kappa shape index (κ2) is 7.17. The standard InChI is InChI=1S/C18H20N4OS2/c1-21-11-8-19-18(21)24-12-16(23)22-9-6-13(7-10-22)17-20-14-4-2-3-5-15(14)25-17/h2-5,8,11,13H,6-7,9-10,12H2,1H3. The highest BCUT2D eigenvalue weighted by atomic mass is 32.2. The monoisotopic (exact) mass is 372 g/mol. The highest BCUT2D eigenvalue weighted by molar-refractivity contribution is 7.99. The Kier molecular flexibility index (Phi) is 4.76. The van der Waals surface area contributed by atoms with Crippen LogP contribution in [0.3, 0.4) is 0 Å². The number of benzene rings is 1. The van der Waals surface area contributed by atoms with Gasteiger partial charge in [-0.3, -0.25) is 4.79 Å². The molecule has 2 aromatic heterocycles. The number of hydrogen-bond donors (Lipinski definition) is 0. The quantitative estimate of drug-likeness (QED) is 0.658. The Labute approximate surface area is 155 Å². The molecule has 0 radical (unpaired) electrons. The van der Waals surface area contributed by atoms with Crippen molar-refractivity contribution in [3.05, 3.63) is 41.7 Å². The number of para-hydroxylation sites is 1. The van der Waals surface area contributed by atoms with Crippen LogP contribution in [0.2, 0.25) is 0 Å². The van der Waals surface area contributed by atoms with Gasteiger partial charge in [-0.25, -0.2) is 9.97 Å². The molecule has 5 nitrogen and oxygen atoms in total. The Balaban J connectivity index is 1.33. The minimum Gasteiger partial charge on any atom is -0.342 e. The summed E-state index contributed by atoms with van der Waals surface area (Å²) < 4.78 is 3.19. The second-order valence-corrected chi connectivity index (χ2v) is 8.29.